The molecule has 0 spiro atoms. The van der Waals surface area contributed by atoms with Crippen molar-refractivity contribution in [3.8, 4) is 17.0 Å². The molecule has 3 aromatic rings. The molecule has 1 fully saturated rings. The molecule has 1 amide bonds. The molecule has 0 saturated carbocycles. The third-order valence-electron chi connectivity index (χ3n) is 5.74. The van der Waals surface area contributed by atoms with Crippen molar-refractivity contribution < 1.29 is 13.9 Å². The van der Waals surface area contributed by atoms with Gasteiger partial charge in [0.25, 0.3) is 0 Å². The van der Waals surface area contributed by atoms with Gasteiger partial charge in [0.15, 0.2) is 0 Å². The SMILES string of the molecule is COc1cncc(-c2cc(Nc3cccc(F)c3)nc([C@H]3CC[C@H](C)N(C(C)=O)C3)n2)c1. The van der Waals surface area contributed by atoms with Crippen LogP contribution in [0.4, 0.5) is 15.9 Å². The summed E-state index contributed by atoms with van der Waals surface area (Å²) in [7, 11) is 1.59. The molecule has 8 heteroatoms. The van der Waals surface area contributed by atoms with Crippen molar-refractivity contribution in [3.05, 3.63) is 60.4 Å². The second kappa shape index (κ2) is 9.30. The highest BCUT2D eigenvalue weighted by Crippen LogP contribution is 2.32. The Labute approximate surface area is 186 Å². The lowest BCUT2D eigenvalue weighted by atomic mass is 9.92. The van der Waals surface area contributed by atoms with Crippen molar-refractivity contribution in [2.24, 2.45) is 0 Å². The van der Waals surface area contributed by atoms with Crippen molar-refractivity contribution >= 4 is 17.4 Å². The zero-order valence-corrected chi connectivity index (χ0v) is 18.4. The molecule has 1 aromatic carbocycles. The van der Waals surface area contributed by atoms with E-state index in [0.29, 0.717) is 35.3 Å². The number of anilines is 2. The summed E-state index contributed by atoms with van der Waals surface area (Å²) < 4.78 is 19.0. The van der Waals surface area contributed by atoms with E-state index in [2.05, 4.69) is 17.2 Å². The average Bonchev–Trinajstić information content (AvgIpc) is 2.79. The van der Waals surface area contributed by atoms with Crippen LogP contribution in [0.15, 0.2) is 48.8 Å². The maximum Gasteiger partial charge on any atom is 0.219 e. The number of halogens is 1. The minimum absolute atomic E-state index is 0.00155. The van der Waals surface area contributed by atoms with Crippen LogP contribution in [-0.2, 0) is 4.79 Å². The summed E-state index contributed by atoms with van der Waals surface area (Å²) in [5.74, 6) is 1.53. The largest absolute Gasteiger partial charge is 0.495 e. The van der Waals surface area contributed by atoms with E-state index in [1.165, 1.54) is 12.1 Å². The van der Waals surface area contributed by atoms with Gasteiger partial charge >= 0.3 is 0 Å². The number of benzene rings is 1. The van der Waals surface area contributed by atoms with Crippen LogP contribution in [-0.4, -0.2) is 45.5 Å². The van der Waals surface area contributed by atoms with Gasteiger partial charge < -0.3 is 15.0 Å². The first kappa shape index (κ1) is 21.7. The normalized spacial score (nSPS) is 18.3. The fourth-order valence-corrected chi connectivity index (χ4v) is 4.00. The summed E-state index contributed by atoms with van der Waals surface area (Å²) >= 11 is 0. The summed E-state index contributed by atoms with van der Waals surface area (Å²) in [4.78, 5) is 27.8. The first-order valence-corrected chi connectivity index (χ1v) is 10.6. The van der Waals surface area contributed by atoms with Gasteiger partial charge in [-0.15, -0.1) is 0 Å². The Kier molecular flexibility index (Phi) is 6.30. The van der Waals surface area contributed by atoms with Crippen LogP contribution in [0.5, 0.6) is 5.75 Å². The maximum absolute atomic E-state index is 13.7. The van der Waals surface area contributed by atoms with Crippen LogP contribution >= 0.6 is 0 Å². The average molecular weight is 436 g/mol. The minimum atomic E-state index is -0.333. The molecule has 1 saturated heterocycles. The number of hydrogen-bond acceptors (Lipinski definition) is 6. The third kappa shape index (κ3) is 4.85. The van der Waals surface area contributed by atoms with Gasteiger partial charge in [-0.2, -0.15) is 0 Å². The number of nitrogens with zero attached hydrogens (tertiary/aromatic N) is 4. The smallest absolute Gasteiger partial charge is 0.219 e. The van der Waals surface area contributed by atoms with Crippen LogP contribution in [0.2, 0.25) is 0 Å². The molecular weight excluding hydrogens is 409 g/mol. The quantitative estimate of drug-likeness (QED) is 0.634. The summed E-state index contributed by atoms with van der Waals surface area (Å²) in [5, 5.41) is 3.18. The van der Waals surface area contributed by atoms with Crippen LogP contribution in [0.25, 0.3) is 11.3 Å². The van der Waals surface area contributed by atoms with E-state index in [9.17, 15) is 9.18 Å². The van der Waals surface area contributed by atoms with E-state index in [-0.39, 0.29) is 23.7 Å². The monoisotopic (exact) mass is 435 g/mol. The lowest BCUT2D eigenvalue weighted by molar-refractivity contribution is -0.132. The summed E-state index contributed by atoms with van der Waals surface area (Å²) in [6.45, 7) is 4.22. The molecule has 4 rings (SSSR count). The highest BCUT2D eigenvalue weighted by atomic mass is 19.1. The Balaban J connectivity index is 1.74. The molecule has 2 aromatic heterocycles. The number of pyridine rings is 1. The third-order valence-corrected chi connectivity index (χ3v) is 5.74. The van der Waals surface area contributed by atoms with Crippen LogP contribution in [0.1, 0.15) is 38.4 Å². The fraction of sp³-hybridized carbons (Fsp3) is 0.333. The van der Waals surface area contributed by atoms with E-state index in [4.69, 9.17) is 14.7 Å². The lowest BCUT2D eigenvalue weighted by Gasteiger charge is -2.37. The Bertz CT molecular complexity index is 1120. The molecule has 1 aliphatic heterocycles. The van der Waals surface area contributed by atoms with E-state index in [1.807, 2.05) is 11.0 Å². The number of methoxy groups -OCH3 is 1. The van der Waals surface area contributed by atoms with Crippen molar-refractivity contribution in [1.29, 1.82) is 0 Å². The number of rotatable bonds is 5. The maximum atomic E-state index is 13.7. The van der Waals surface area contributed by atoms with Crippen molar-refractivity contribution in [3.63, 3.8) is 0 Å². The molecule has 3 heterocycles. The van der Waals surface area contributed by atoms with Gasteiger partial charge in [0.1, 0.15) is 23.2 Å². The number of piperidine rings is 1. The zero-order chi connectivity index (χ0) is 22.7. The number of likely N-dealkylation sites (tertiary alicyclic amines) is 1. The first-order valence-electron chi connectivity index (χ1n) is 10.6. The number of hydrogen-bond donors (Lipinski definition) is 1. The van der Waals surface area contributed by atoms with Gasteiger partial charge in [0.2, 0.25) is 5.91 Å². The summed E-state index contributed by atoms with van der Waals surface area (Å²) in [5.41, 5.74) is 2.04. The molecule has 1 aliphatic rings. The van der Waals surface area contributed by atoms with E-state index < -0.39 is 0 Å². The Morgan fingerprint density at radius 3 is 2.78 bits per heavy atom. The second-order valence-electron chi connectivity index (χ2n) is 8.04. The van der Waals surface area contributed by atoms with Crippen molar-refractivity contribution in [2.75, 3.05) is 19.0 Å². The molecule has 0 unspecified atom stereocenters. The van der Waals surface area contributed by atoms with Crippen LogP contribution in [0, 0.1) is 5.82 Å². The van der Waals surface area contributed by atoms with Gasteiger partial charge in [0.05, 0.1) is 19.0 Å². The highest BCUT2D eigenvalue weighted by Gasteiger charge is 2.30. The molecule has 0 radical (unpaired) electrons. The molecular formula is C24H26FN5O2. The van der Waals surface area contributed by atoms with Gasteiger partial charge in [-0.05, 0) is 44.0 Å². The molecule has 32 heavy (non-hydrogen) atoms. The predicted molar refractivity (Wildman–Crippen MR) is 120 cm³/mol. The number of ether oxygens (including phenoxy) is 1. The topological polar surface area (TPSA) is 80.2 Å². The standard InChI is InChI=1S/C24H26FN5O2/c1-15-7-8-17(14-30(15)16(2)31)24-28-22(18-9-21(32-3)13-26-12-18)11-23(29-24)27-20-6-4-5-19(25)10-20/h4-6,9-13,15,17H,7-8,14H2,1-3H3,(H,27,28,29)/t15-,17-/m0/s1. The number of amides is 1. The zero-order valence-electron chi connectivity index (χ0n) is 18.4. The number of carbonyl (C=O) groups is 1. The Morgan fingerprint density at radius 1 is 1.19 bits per heavy atom. The molecule has 2 atom stereocenters. The second-order valence-corrected chi connectivity index (χ2v) is 8.04. The minimum Gasteiger partial charge on any atom is -0.495 e. The molecule has 1 N–H and O–H groups in total. The van der Waals surface area contributed by atoms with E-state index in [1.54, 1.807) is 44.6 Å². The number of nitrogens with one attached hydrogen (secondary N) is 1. The Hall–Kier alpha value is -3.55. The fourth-order valence-electron chi connectivity index (χ4n) is 4.00. The summed E-state index contributed by atoms with van der Waals surface area (Å²) in [6, 6.07) is 10.1. The van der Waals surface area contributed by atoms with Crippen molar-refractivity contribution in [1.82, 2.24) is 19.9 Å². The molecule has 0 bridgehead atoms. The van der Waals surface area contributed by atoms with Crippen molar-refractivity contribution in [2.45, 2.75) is 38.6 Å². The van der Waals surface area contributed by atoms with Crippen LogP contribution in [0.3, 0.4) is 0 Å². The highest BCUT2D eigenvalue weighted by molar-refractivity contribution is 5.74. The number of carbonyl (C=O) groups excluding carboxylic acids is 1. The molecule has 0 aliphatic carbocycles. The van der Waals surface area contributed by atoms with Gasteiger partial charge in [-0.25, -0.2) is 14.4 Å². The first-order chi connectivity index (χ1) is 15.4. The Morgan fingerprint density at radius 2 is 2.03 bits per heavy atom. The number of aromatic nitrogens is 3. The molecule has 166 valence electrons. The van der Waals surface area contributed by atoms with Gasteiger partial charge in [-0.1, -0.05) is 6.07 Å². The predicted octanol–water partition coefficient (Wildman–Crippen LogP) is 4.54. The van der Waals surface area contributed by atoms with Gasteiger partial charge in [-0.3, -0.25) is 9.78 Å². The molecule has 7 nitrogen and oxygen atoms in total. The van der Waals surface area contributed by atoms with E-state index >= 15 is 0 Å². The van der Waals surface area contributed by atoms with E-state index in [0.717, 1.165) is 18.4 Å². The van der Waals surface area contributed by atoms with Crippen LogP contribution < -0.4 is 10.1 Å². The van der Waals surface area contributed by atoms with Gasteiger partial charge in [0, 0.05) is 48.9 Å². The lowest BCUT2D eigenvalue weighted by Crippen LogP contribution is -2.44. The summed E-state index contributed by atoms with van der Waals surface area (Å²) in [6.07, 6.45) is 5.10.